The molecule has 34 heavy (non-hydrogen) atoms. The van der Waals surface area contributed by atoms with Crippen molar-refractivity contribution < 1.29 is 9.53 Å². The summed E-state index contributed by atoms with van der Waals surface area (Å²) in [6, 6.07) is 14.3. The average molecular weight is 504 g/mol. The van der Waals surface area contributed by atoms with Gasteiger partial charge in [-0.05, 0) is 48.4 Å². The molecular weight excluding hydrogens is 473 g/mol. The van der Waals surface area contributed by atoms with E-state index in [1.165, 1.54) is 0 Å². The fourth-order valence-corrected chi connectivity index (χ4v) is 4.68. The predicted molar refractivity (Wildman–Crippen MR) is 136 cm³/mol. The SMILES string of the molecule is CCC(NCC(C(=N)c1ccc(Cl)cc1)N1CCNCC1=O)N1CC(Oc2ccc(Cl)cc2)C1. The van der Waals surface area contributed by atoms with Crippen molar-refractivity contribution in [2.45, 2.75) is 31.7 Å². The number of hydrogen-bond donors (Lipinski definition) is 3. The number of ether oxygens (including phenoxy) is 1. The monoisotopic (exact) mass is 503 g/mol. The Balaban J connectivity index is 1.37. The van der Waals surface area contributed by atoms with E-state index < -0.39 is 0 Å². The van der Waals surface area contributed by atoms with E-state index in [4.69, 9.17) is 33.3 Å². The molecule has 0 bridgehead atoms. The van der Waals surface area contributed by atoms with Gasteiger partial charge in [0.25, 0.3) is 0 Å². The van der Waals surface area contributed by atoms with Crippen LogP contribution in [0.25, 0.3) is 0 Å². The number of piperazine rings is 1. The van der Waals surface area contributed by atoms with Crippen LogP contribution in [0.2, 0.25) is 10.0 Å². The van der Waals surface area contributed by atoms with Crippen molar-refractivity contribution in [3.8, 4) is 5.75 Å². The molecule has 2 aromatic carbocycles. The molecule has 2 fully saturated rings. The van der Waals surface area contributed by atoms with E-state index in [1.807, 2.05) is 41.3 Å². The Labute approximate surface area is 210 Å². The van der Waals surface area contributed by atoms with Crippen molar-refractivity contribution in [2.75, 3.05) is 39.3 Å². The summed E-state index contributed by atoms with van der Waals surface area (Å²) in [6.45, 7) is 5.89. The maximum Gasteiger partial charge on any atom is 0.237 e. The lowest BCUT2D eigenvalue weighted by Gasteiger charge is -2.45. The molecule has 2 unspecified atom stereocenters. The quantitative estimate of drug-likeness (QED) is 0.433. The maximum absolute atomic E-state index is 12.7. The normalized spacial score (nSPS) is 18.9. The second-order valence-corrected chi connectivity index (χ2v) is 9.55. The van der Waals surface area contributed by atoms with Crippen LogP contribution in [0.3, 0.4) is 0 Å². The number of carbonyl (C=O) groups excluding carboxylic acids is 1. The highest BCUT2D eigenvalue weighted by atomic mass is 35.5. The molecule has 2 heterocycles. The molecule has 2 aliphatic heterocycles. The van der Waals surface area contributed by atoms with Gasteiger partial charge in [-0.3, -0.25) is 15.0 Å². The highest BCUT2D eigenvalue weighted by Crippen LogP contribution is 2.22. The molecule has 1 amide bonds. The zero-order valence-corrected chi connectivity index (χ0v) is 20.8. The zero-order valence-electron chi connectivity index (χ0n) is 19.3. The summed E-state index contributed by atoms with van der Waals surface area (Å²) in [5, 5.41) is 16.9. The minimum atomic E-state index is -0.354. The summed E-state index contributed by atoms with van der Waals surface area (Å²) < 4.78 is 6.04. The molecule has 0 aliphatic carbocycles. The lowest BCUT2D eigenvalue weighted by atomic mass is 10.0. The number of rotatable bonds is 10. The lowest BCUT2D eigenvalue weighted by Crippen LogP contribution is -2.64. The van der Waals surface area contributed by atoms with E-state index in [1.54, 1.807) is 12.1 Å². The average Bonchev–Trinajstić information content (AvgIpc) is 2.82. The third-order valence-corrected chi connectivity index (χ3v) is 6.86. The maximum atomic E-state index is 12.7. The molecule has 7 nitrogen and oxygen atoms in total. The number of amides is 1. The fraction of sp³-hybridized carbons (Fsp3) is 0.440. The van der Waals surface area contributed by atoms with E-state index in [2.05, 4.69) is 22.5 Å². The van der Waals surface area contributed by atoms with E-state index in [-0.39, 0.29) is 24.2 Å². The largest absolute Gasteiger partial charge is 0.488 e. The molecule has 2 aliphatic rings. The van der Waals surface area contributed by atoms with Gasteiger partial charge in [-0.2, -0.15) is 0 Å². The van der Waals surface area contributed by atoms with Crippen LogP contribution in [0, 0.1) is 5.41 Å². The van der Waals surface area contributed by atoms with Gasteiger partial charge < -0.3 is 20.4 Å². The topological polar surface area (TPSA) is 80.7 Å². The molecule has 0 spiro atoms. The van der Waals surface area contributed by atoms with E-state index in [9.17, 15) is 4.79 Å². The van der Waals surface area contributed by atoms with Crippen LogP contribution in [0.1, 0.15) is 18.9 Å². The molecule has 2 atom stereocenters. The third-order valence-electron chi connectivity index (χ3n) is 6.36. The van der Waals surface area contributed by atoms with E-state index in [0.29, 0.717) is 35.4 Å². The molecule has 4 rings (SSSR count). The van der Waals surface area contributed by atoms with Crippen LogP contribution in [0.4, 0.5) is 0 Å². The van der Waals surface area contributed by atoms with Gasteiger partial charge in [0.1, 0.15) is 11.9 Å². The fourth-order valence-electron chi connectivity index (χ4n) is 4.42. The first-order valence-corrected chi connectivity index (χ1v) is 12.4. The number of halogens is 2. The lowest BCUT2D eigenvalue weighted by molar-refractivity contribution is -0.133. The Morgan fingerprint density at radius 2 is 1.79 bits per heavy atom. The van der Waals surface area contributed by atoms with Crippen LogP contribution < -0.4 is 15.4 Å². The van der Waals surface area contributed by atoms with Crippen LogP contribution in [-0.2, 0) is 4.79 Å². The summed E-state index contributed by atoms with van der Waals surface area (Å²) in [5.41, 5.74) is 1.19. The Morgan fingerprint density at radius 3 is 2.41 bits per heavy atom. The summed E-state index contributed by atoms with van der Waals surface area (Å²) in [5.74, 6) is 0.842. The summed E-state index contributed by atoms with van der Waals surface area (Å²) >= 11 is 12.0. The molecule has 2 aromatic rings. The second-order valence-electron chi connectivity index (χ2n) is 8.68. The molecule has 0 saturated carbocycles. The smallest absolute Gasteiger partial charge is 0.237 e. The van der Waals surface area contributed by atoms with Crippen molar-refractivity contribution >= 4 is 34.8 Å². The van der Waals surface area contributed by atoms with Gasteiger partial charge in [-0.15, -0.1) is 0 Å². The molecule has 0 radical (unpaired) electrons. The van der Waals surface area contributed by atoms with Crippen molar-refractivity contribution in [3.63, 3.8) is 0 Å². The number of carbonyl (C=O) groups is 1. The van der Waals surface area contributed by atoms with E-state index >= 15 is 0 Å². The number of likely N-dealkylation sites (tertiary alicyclic amines) is 1. The highest BCUT2D eigenvalue weighted by Gasteiger charge is 2.35. The van der Waals surface area contributed by atoms with Gasteiger partial charge in [0.2, 0.25) is 5.91 Å². The first-order chi connectivity index (χ1) is 16.4. The van der Waals surface area contributed by atoms with Gasteiger partial charge in [0, 0.05) is 42.8 Å². The number of nitrogens with zero attached hydrogens (tertiary/aromatic N) is 2. The summed E-state index contributed by atoms with van der Waals surface area (Å²) in [4.78, 5) is 16.8. The zero-order chi connectivity index (χ0) is 24.1. The van der Waals surface area contributed by atoms with Crippen molar-refractivity contribution in [3.05, 3.63) is 64.1 Å². The highest BCUT2D eigenvalue weighted by molar-refractivity contribution is 6.31. The molecular formula is C25H31Cl2N5O2. The van der Waals surface area contributed by atoms with Gasteiger partial charge in [-0.1, -0.05) is 42.3 Å². The minimum absolute atomic E-state index is 0.0187. The van der Waals surface area contributed by atoms with Crippen molar-refractivity contribution in [1.29, 1.82) is 5.41 Å². The Morgan fingerprint density at radius 1 is 1.15 bits per heavy atom. The molecule has 3 N–H and O–H groups in total. The van der Waals surface area contributed by atoms with Crippen molar-refractivity contribution in [1.82, 2.24) is 20.4 Å². The van der Waals surface area contributed by atoms with Gasteiger partial charge in [-0.25, -0.2) is 0 Å². The third kappa shape index (κ3) is 6.09. The van der Waals surface area contributed by atoms with Crippen LogP contribution >= 0.6 is 23.2 Å². The standard InChI is InChI=1S/C25H31Cl2N5O2/c1-2-23(31-15-21(16-31)34-20-9-7-19(27)8-10-20)30-13-22(32-12-11-29-14-24(32)33)25(28)17-3-5-18(26)6-4-17/h3-10,21-23,28-30H,2,11-16H2,1H3. The van der Waals surface area contributed by atoms with Crippen LogP contribution in [0.15, 0.2) is 48.5 Å². The number of benzene rings is 2. The van der Waals surface area contributed by atoms with Crippen LogP contribution in [-0.4, -0.2) is 79.0 Å². The number of hydrogen-bond acceptors (Lipinski definition) is 6. The first kappa shape index (κ1) is 24.9. The molecule has 0 aromatic heterocycles. The molecule has 182 valence electrons. The summed E-state index contributed by atoms with van der Waals surface area (Å²) in [6.07, 6.45) is 1.18. The second kappa shape index (κ2) is 11.5. The van der Waals surface area contributed by atoms with Crippen LogP contribution in [0.5, 0.6) is 5.75 Å². The van der Waals surface area contributed by atoms with Gasteiger partial charge >= 0.3 is 0 Å². The Kier molecular flexibility index (Phi) is 8.45. The van der Waals surface area contributed by atoms with Gasteiger partial charge in [0.15, 0.2) is 0 Å². The molecule has 9 heteroatoms. The minimum Gasteiger partial charge on any atom is -0.488 e. The Bertz CT molecular complexity index is 980. The number of nitrogens with one attached hydrogen (secondary N) is 3. The first-order valence-electron chi connectivity index (χ1n) is 11.7. The Hall–Kier alpha value is -2.16. The van der Waals surface area contributed by atoms with Gasteiger partial charge in [0.05, 0.1) is 24.5 Å². The van der Waals surface area contributed by atoms with E-state index in [0.717, 1.165) is 37.4 Å². The predicted octanol–water partition coefficient (Wildman–Crippen LogP) is 3.25. The summed E-state index contributed by atoms with van der Waals surface area (Å²) in [7, 11) is 0. The molecule has 2 saturated heterocycles. The van der Waals surface area contributed by atoms with Crippen molar-refractivity contribution in [2.24, 2.45) is 0 Å².